The fourth-order valence-electron chi connectivity index (χ4n) is 0.913. The zero-order valence-electron chi connectivity index (χ0n) is 8.64. The lowest BCUT2D eigenvalue weighted by molar-refractivity contribution is -0.139. The molecule has 0 heterocycles. The summed E-state index contributed by atoms with van der Waals surface area (Å²) in [5.41, 5.74) is 17.2. The van der Waals surface area contributed by atoms with Crippen LogP contribution in [0.25, 0.3) is 0 Å². The highest BCUT2D eigenvalue weighted by molar-refractivity contribution is 5.77. The predicted molar refractivity (Wildman–Crippen MR) is 57.2 cm³/mol. The van der Waals surface area contributed by atoms with Gasteiger partial charge >= 0.3 is 12.0 Å². The van der Waals surface area contributed by atoms with E-state index in [9.17, 15) is 9.59 Å². The molecular weight excluding hydrogens is 217 g/mol. The van der Waals surface area contributed by atoms with E-state index in [4.69, 9.17) is 22.3 Å². The monoisotopic (exact) mass is 233 g/mol. The molecule has 0 aromatic rings. The van der Waals surface area contributed by atoms with Crippen molar-refractivity contribution < 1.29 is 14.7 Å². The fourth-order valence-corrected chi connectivity index (χ4v) is 0.913. The molecule has 9 nitrogen and oxygen atoms in total. The highest BCUT2D eigenvalue weighted by Crippen LogP contribution is 1.96. The summed E-state index contributed by atoms with van der Waals surface area (Å²) in [6.07, 6.45) is 0.694. The molecule has 0 aromatic carbocycles. The number of amides is 2. The summed E-state index contributed by atoms with van der Waals surface area (Å²) in [7, 11) is 0. The number of carbonyl (C=O) groups excluding carboxylic acids is 1. The average molecular weight is 233 g/mol. The van der Waals surface area contributed by atoms with Gasteiger partial charge in [-0.15, -0.1) is 5.10 Å². The molecule has 1 atom stereocenters. The zero-order valence-corrected chi connectivity index (χ0v) is 8.64. The van der Waals surface area contributed by atoms with Crippen molar-refractivity contribution in [3.05, 3.63) is 0 Å². The van der Waals surface area contributed by atoms with Gasteiger partial charge in [0, 0.05) is 6.54 Å². The van der Waals surface area contributed by atoms with Crippen molar-refractivity contribution in [3.8, 4) is 0 Å². The molecule has 0 aliphatic heterocycles. The minimum Gasteiger partial charge on any atom is -0.480 e. The Morgan fingerprint density at radius 1 is 1.31 bits per heavy atom. The largest absolute Gasteiger partial charge is 0.480 e. The summed E-state index contributed by atoms with van der Waals surface area (Å²) in [5.74, 6) is -1.33. The molecule has 92 valence electrons. The second kappa shape index (κ2) is 7.15. The number of hydrogen-bond acceptors (Lipinski definition) is 4. The Balaban J connectivity index is 3.91. The summed E-state index contributed by atoms with van der Waals surface area (Å²) >= 11 is 0. The van der Waals surface area contributed by atoms with Gasteiger partial charge in [-0.2, -0.15) is 0 Å². The summed E-state index contributed by atoms with van der Waals surface area (Å²) in [5, 5.41) is 14.5. The number of carbonyl (C=O) groups is 2. The first-order valence-electron chi connectivity index (χ1n) is 4.53. The molecule has 0 unspecified atom stereocenters. The SMILES string of the molecule is NC(=O)NCCC[C@H](N[15N]=C(N)N)C(=O)O. The van der Waals surface area contributed by atoms with Crippen LogP contribution in [0.4, 0.5) is 4.79 Å². The van der Waals surface area contributed by atoms with Gasteiger partial charge in [-0.05, 0) is 12.8 Å². The van der Waals surface area contributed by atoms with E-state index >= 15 is 0 Å². The fraction of sp³-hybridized carbons (Fsp3) is 0.571. The number of nitrogens with zero attached hydrogens (tertiary/aromatic N) is 1. The number of aliphatic carboxylic acids is 1. The number of urea groups is 1. The van der Waals surface area contributed by atoms with Gasteiger partial charge < -0.3 is 27.6 Å². The number of carboxylic acid groups (broad SMARTS) is 1. The smallest absolute Gasteiger partial charge is 0.327 e. The van der Waals surface area contributed by atoms with Crippen molar-refractivity contribution in [2.45, 2.75) is 18.9 Å². The van der Waals surface area contributed by atoms with Gasteiger partial charge in [0.25, 0.3) is 0 Å². The molecule has 0 radical (unpaired) electrons. The maximum absolute atomic E-state index is 10.7. The van der Waals surface area contributed by atoms with Crippen molar-refractivity contribution in [2.24, 2.45) is 22.3 Å². The van der Waals surface area contributed by atoms with Crippen LogP contribution < -0.4 is 27.9 Å². The molecular formula is C7H16N6O3. The van der Waals surface area contributed by atoms with E-state index in [2.05, 4.69) is 15.8 Å². The number of nitrogens with one attached hydrogen (secondary N) is 2. The minimum atomic E-state index is -1.08. The lowest BCUT2D eigenvalue weighted by atomic mass is 10.2. The van der Waals surface area contributed by atoms with Crippen LogP contribution in [0.2, 0.25) is 0 Å². The second-order valence-corrected chi connectivity index (χ2v) is 2.99. The molecule has 2 amide bonds. The maximum atomic E-state index is 10.7. The third-order valence-electron chi connectivity index (χ3n) is 1.62. The maximum Gasteiger partial charge on any atom is 0.327 e. The van der Waals surface area contributed by atoms with E-state index in [1.165, 1.54) is 0 Å². The van der Waals surface area contributed by atoms with Crippen molar-refractivity contribution in [1.29, 1.82) is 0 Å². The van der Waals surface area contributed by atoms with Crippen LogP contribution in [0.3, 0.4) is 0 Å². The molecule has 0 bridgehead atoms. The summed E-state index contributed by atoms with van der Waals surface area (Å²) in [4.78, 5) is 21.0. The highest BCUT2D eigenvalue weighted by Gasteiger charge is 2.15. The number of nitrogens with two attached hydrogens (primary N) is 3. The van der Waals surface area contributed by atoms with Crippen LogP contribution in [0.15, 0.2) is 5.10 Å². The number of primary amides is 1. The van der Waals surface area contributed by atoms with E-state index in [0.29, 0.717) is 13.0 Å². The molecule has 16 heavy (non-hydrogen) atoms. The predicted octanol–water partition coefficient (Wildman–Crippen LogP) is -2.33. The quantitative estimate of drug-likeness (QED) is 0.0946. The molecule has 9 N–H and O–H groups in total. The highest BCUT2D eigenvalue weighted by atomic mass is 16.4. The topological polar surface area (TPSA) is 169 Å². The minimum absolute atomic E-state index is 0.249. The standard InChI is InChI=1S/C7H16N6O3/c8-6(9)13-12-4(5(14)15)2-1-3-11-7(10)16/h4,12H,1-3H2,(H,14,15)(H4,8,9,13)(H3,10,11,16)/t4-/m0/s1/i13+1. The van der Waals surface area contributed by atoms with E-state index < -0.39 is 18.0 Å². The average Bonchev–Trinajstić information content (AvgIpc) is 2.15. The van der Waals surface area contributed by atoms with Crippen LogP contribution >= 0.6 is 0 Å². The summed E-state index contributed by atoms with van der Waals surface area (Å²) in [6.45, 7) is 0.294. The number of hydrazone groups is 1. The lowest BCUT2D eigenvalue weighted by Gasteiger charge is -2.11. The molecule has 0 aromatic heterocycles. The van der Waals surface area contributed by atoms with Gasteiger partial charge in [-0.3, -0.25) is 5.43 Å². The second-order valence-electron chi connectivity index (χ2n) is 2.99. The van der Waals surface area contributed by atoms with Gasteiger partial charge in [-0.25, -0.2) is 9.59 Å². The van der Waals surface area contributed by atoms with Crippen LogP contribution in [0.1, 0.15) is 12.8 Å². The molecule has 0 saturated heterocycles. The van der Waals surface area contributed by atoms with Crippen molar-refractivity contribution in [2.75, 3.05) is 6.54 Å². The molecule has 0 rings (SSSR count). The van der Waals surface area contributed by atoms with Crippen LogP contribution in [-0.4, -0.2) is 35.7 Å². The summed E-state index contributed by atoms with van der Waals surface area (Å²) < 4.78 is 0. The number of carboxylic acids is 1. The molecule has 9 heteroatoms. The van der Waals surface area contributed by atoms with Crippen molar-refractivity contribution in [1.82, 2.24) is 10.7 Å². The van der Waals surface area contributed by atoms with Gasteiger partial charge in [-0.1, -0.05) is 0 Å². The Labute approximate surface area is 92.0 Å². The van der Waals surface area contributed by atoms with Gasteiger partial charge in [0.15, 0.2) is 0 Å². The number of guanidine groups is 1. The first-order valence-corrected chi connectivity index (χ1v) is 4.53. The Morgan fingerprint density at radius 3 is 2.38 bits per heavy atom. The van der Waals surface area contributed by atoms with Gasteiger partial charge in [0.2, 0.25) is 5.96 Å². The van der Waals surface area contributed by atoms with E-state index in [0.717, 1.165) is 0 Å². The Kier molecular flexibility index (Phi) is 6.17. The Bertz CT molecular complexity index is 275. The Morgan fingerprint density at radius 2 is 1.94 bits per heavy atom. The van der Waals surface area contributed by atoms with E-state index in [1.807, 2.05) is 0 Å². The van der Waals surface area contributed by atoms with Crippen molar-refractivity contribution in [3.63, 3.8) is 0 Å². The Hall–Kier alpha value is -2.19. The van der Waals surface area contributed by atoms with Gasteiger partial charge in [0.1, 0.15) is 6.04 Å². The zero-order chi connectivity index (χ0) is 12.6. The third kappa shape index (κ3) is 7.24. The van der Waals surface area contributed by atoms with E-state index in [-0.39, 0.29) is 12.4 Å². The van der Waals surface area contributed by atoms with Crippen LogP contribution in [-0.2, 0) is 4.79 Å². The first-order chi connectivity index (χ1) is 7.43. The van der Waals surface area contributed by atoms with Crippen molar-refractivity contribution >= 4 is 18.0 Å². The summed E-state index contributed by atoms with van der Waals surface area (Å²) in [6, 6.07) is -1.55. The third-order valence-corrected chi connectivity index (χ3v) is 1.62. The number of rotatable bonds is 7. The lowest BCUT2D eigenvalue weighted by Crippen LogP contribution is -2.37. The normalized spacial score (nSPS) is 11.2. The van der Waals surface area contributed by atoms with E-state index in [1.54, 1.807) is 0 Å². The van der Waals surface area contributed by atoms with Crippen LogP contribution in [0.5, 0.6) is 0 Å². The first kappa shape index (κ1) is 13.8. The molecule has 0 fully saturated rings. The molecule has 0 aliphatic carbocycles. The molecule has 0 spiro atoms. The molecule has 0 aliphatic rings. The number of hydrogen-bond donors (Lipinski definition) is 6. The van der Waals surface area contributed by atoms with Gasteiger partial charge in [0.05, 0.1) is 0 Å². The van der Waals surface area contributed by atoms with Crippen LogP contribution in [0, 0.1) is 0 Å². The molecule has 0 saturated carbocycles.